The van der Waals surface area contributed by atoms with Crippen LogP contribution in [-0.4, -0.2) is 54.8 Å². The Balaban J connectivity index is 1.84. The van der Waals surface area contributed by atoms with Gasteiger partial charge in [-0.3, -0.25) is 4.79 Å². The third-order valence-corrected chi connectivity index (χ3v) is 2.77. The maximum atomic E-state index is 11.7. The Morgan fingerprint density at radius 2 is 2.05 bits per heavy atom. The Morgan fingerprint density at radius 3 is 2.74 bits per heavy atom. The van der Waals surface area contributed by atoms with Gasteiger partial charge in [-0.25, -0.2) is 4.79 Å². The number of phenols is 1. The minimum absolute atomic E-state index is 0.0195. The summed E-state index contributed by atoms with van der Waals surface area (Å²) in [5.74, 6) is -0.886. The highest BCUT2D eigenvalue weighted by molar-refractivity contribution is 5.91. The molecule has 19 heavy (non-hydrogen) atoms. The number of carbonyl (C=O) groups excluding carboxylic acids is 2. The SMILES string of the molecule is O=C(OCC(=O)N1CCOCC1)c1cccc(O)c1. The molecule has 1 aromatic rings. The molecule has 1 heterocycles. The van der Waals surface area contributed by atoms with Crippen LogP contribution >= 0.6 is 0 Å². The molecule has 6 nitrogen and oxygen atoms in total. The molecule has 1 amide bonds. The van der Waals surface area contributed by atoms with Gasteiger partial charge in [-0.2, -0.15) is 0 Å². The molecule has 0 atom stereocenters. The number of nitrogens with zero attached hydrogens (tertiary/aromatic N) is 1. The van der Waals surface area contributed by atoms with Gasteiger partial charge in [-0.05, 0) is 18.2 Å². The van der Waals surface area contributed by atoms with E-state index in [4.69, 9.17) is 9.47 Å². The highest BCUT2D eigenvalue weighted by Crippen LogP contribution is 2.11. The van der Waals surface area contributed by atoms with E-state index in [9.17, 15) is 14.7 Å². The predicted octanol–water partition coefficient (Wildman–Crippen LogP) is 0.408. The lowest BCUT2D eigenvalue weighted by Crippen LogP contribution is -2.42. The van der Waals surface area contributed by atoms with Crippen molar-refractivity contribution >= 4 is 11.9 Å². The number of carbonyl (C=O) groups is 2. The number of morpholine rings is 1. The van der Waals surface area contributed by atoms with Crippen LogP contribution in [-0.2, 0) is 14.3 Å². The monoisotopic (exact) mass is 265 g/mol. The summed E-state index contributed by atoms with van der Waals surface area (Å²) < 4.78 is 10.0. The van der Waals surface area contributed by atoms with Crippen molar-refractivity contribution in [3.05, 3.63) is 29.8 Å². The number of benzene rings is 1. The van der Waals surface area contributed by atoms with Gasteiger partial charge in [0.15, 0.2) is 6.61 Å². The van der Waals surface area contributed by atoms with Crippen molar-refractivity contribution in [3.8, 4) is 5.75 Å². The smallest absolute Gasteiger partial charge is 0.338 e. The Bertz CT molecular complexity index is 468. The van der Waals surface area contributed by atoms with Crippen LogP contribution in [0.2, 0.25) is 0 Å². The zero-order chi connectivity index (χ0) is 13.7. The number of amides is 1. The lowest BCUT2D eigenvalue weighted by atomic mass is 10.2. The molecule has 0 spiro atoms. The molecule has 1 fully saturated rings. The molecule has 0 radical (unpaired) electrons. The molecule has 1 N–H and O–H groups in total. The van der Waals surface area contributed by atoms with Gasteiger partial charge in [0.1, 0.15) is 5.75 Å². The van der Waals surface area contributed by atoms with Gasteiger partial charge in [0, 0.05) is 13.1 Å². The van der Waals surface area contributed by atoms with E-state index in [0.29, 0.717) is 26.3 Å². The largest absolute Gasteiger partial charge is 0.508 e. The van der Waals surface area contributed by atoms with Gasteiger partial charge in [-0.15, -0.1) is 0 Å². The molecule has 0 bridgehead atoms. The van der Waals surface area contributed by atoms with E-state index in [1.165, 1.54) is 24.3 Å². The van der Waals surface area contributed by atoms with Crippen LogP contribution in [0.25, 0.3) is 0 Å². The van der Waals surface area contributed by atoms with Gasteiger partial charge < -0.3 is 19.5 Å². The van der Waals surface area contributed by atoms with Crippen LogP contribution in [0.3, 0.4) is 0 Å². The number of rotatable bonds is 3. The lowest BCUT2D eigenvalue weighted by Gasteiger charge is -2.26. The fraction of sp³-hybridized carbons (Fsp3) is 0.385. The number of esters is 1. The van der Waals surface area contributed by atoms with Crippen molar-refractivity contribution in [1.29, 1.82) is 0 Å². The van der Waals surface area contributed by atoms with E-state index in [-0.39, 0.29) is 23.8 Å². The van der Waals surface area contributed by atoms with E-state index in [1.807, 2.05) is 0 Å². The van der Waals surface area contributed by atoms with E-state index in [1.54, 1.807) is 4.90 Å². The molecule has 2 rings (SSSR count). The molecule has 1 aliphatic rings. The molecule has 0 aliphatic carbocycles. The maximum Gasteiger partial charge on any atom is 0.338 e. The quantitative estimate of drug-likeness (QED) is 0.801. The van der Waals surface area contributed by atoms with Gasteiger partial charge in [0.25, 0.3) is 5.91 Å². The van der Waals surface area contributed by atoms with Crippen molar-refractivity contribution < 1.29 is 24.2 Å². The second-order valence-corrected chi connectivity index (χ2v) is 4.12. The summed E-state index contributed by atoms with van der Waals surface area (Å²) in [5, 5.41) is 9.25. The summed E-state index contributed by atoms with van der Waals surface area (Å²) in [7, 11) is 0. The minimum Gasteiger partial charge on any atom is -0.508 e. The summed E-state index contributed by atoms with van der Waals surface area (Å²) in [6.07, 6.45) is 0. The predicted molar refractivity (Wildman–Crippen MR) is 65.8 cm³/mol. The van der Waals surface area contributed by atoms with Crippen molar-refractivity contribution in [3.63, 3.8) is 0 Å². The van der Waals surface area contributed by atoms with Gasteiger partial charge in [0.05, 0.1) is 18.8 Å². The summed E-state index contributed by atoms with van der Waals surface area (Å²) in [5.41, 5.74) is 0.217. The first-order chi connectivity index (χ1) is 9.16. The van der Waals surface area contributed by atoms with E-state index in [2.05, 4.69) is 0 Å². The molecule has 0 unspecified atom stereocenters. The second kappa shape index (κ2) is 6.19. The first kappa shape index (κ1) is 13.4. The second-order valence-electron chi connectivity index (χ2n) is 4.12. The number of aromatic hydroxyl groups is 1. The number of phenolic OH excluding ortho intramolecular Hbond substituents is 1. The fourth-order valence-corrected chi connectivity index (χ4v) is 1.75. The van der Waals surface area contributed by atoms with Crippen LogP contribution in [0, 0.1) is 0 Å². The zero-order valence-electron chi connectivity index (χ0n) is 10.4. The van der Waals surface area contributed by atoms with Crippen LogP contribution in [0.15, 0.2) is 24.3 Å². The Morgan fingerprint density at radius 1 is 1.32 bits per heavy atom. The topological polar surface area (TPSA) is 76.1 Å². The third-order valence-electron chi connectivity index (χ3n) is 2.77. The molecular formula is C13H15NO5. The molecule has 102 valence electrons. The highest BCUT2D eigenvalue weighted by atomic mass is 16.5. The number of hydrogen-bond acceptors (Lipinski definition) is 5. The normalized spacial score (nSPS) is 15.1. The van der Waals surface area contributed by atoms with Gasteiger partial charge in [0.2, 0.25) is 0 Å². The van der Waals surface area contributed by atoms with Gasteiger partial charge >= 0.3 is 5.97 Å². The van der Waals surface area contributed by atoms with Crippen molar-refractivity contribution in [1.82, 2.24) is 4.90 Å². The third kappa shape index (κ3) is 3.69. The summed E-state index contributed by atoms with van der Waals surface area (Å²) >= 11 is 0. The van der Waals surface area contributed by atoms with E-state index in [0.717, 1.165) is 0 Å². The number of hydrogen-bond donors (Lipinski definition) is 1. The standard InChI is InChI=1S/C13H15NO5/c15-11-3-1-2-10(8-11)13(17)19-9-12(16)14-4-6-18-7-5-14/h1-3,8,15H,4-7,9H2. The average Bonchev–Trinajstić information content (AvgIpc) is 2.45. The van der Waals surface area contributed by atoms with Crippen molar-refractivity contribution in [2.45, 2.75) is 0 Å². The zero-order valence-corrected chi connectivity index (χ0v) is 10.4. The minimum atomic E-state index is -0.627. The maximum absolute atomic E-state index is 11.7. The van der Waals surface area contributed by atoms with Crippen LogP contribution in [0.5, 0.6) is 5.75 Å². The van der Waals surface area contributed by atoms with Crippen molar-refractivity contribution in [2.75, 3.05) is 32.9 Å². The summed E-state index contributed by atoms with van der Waals surface area (Å²) in [6, 6.07) is 5.80. The van der Waals surface area contributed by atoms with E-state index < -0.39 is 5.97 Å². The molecule has 1 aliphatic heterocycles. The molecular weight excluding hydrogens is 250 g/mol. The average molecular weight is 265 g/mol. The first-order valence-electron chi connectivity index (χ1n) is 5.98. The molecule has 0 aromatic heterocycles. The van der Waals surface area contributed by atoms with Crippen LogP contribution < -0.4 is 0 Å². The van der Waals surface area contributed by atoms with E-state index >= 15 is 0 Å². The van der Waals surface area contributed by atoms with Crippen molar-refractivity contribution in [2.24, 2.45) is 0 Å². The van der Waals surface area contributed by atoms with Gasteiger partial charge in [-0.1, -0.05) is 6.07 Å². The van der Waals surface area contributed by atoms with Crippen LogP contribution in [0.1, 0.15) is 10.4 Å². The molecule has 1 aromatic carbocycles. The molecule has 6 heteroatoms. The van der Waals surface area contributed by atoms with Crippen LogP contribution in [0.4, 0.5) is 0 Å². The molecule has 0 saturated carbocycles. The Hall–Kier alpha value is -2.08. The first-order valence-corrected chi connectivity index (χ1v) is 5.98. The Kier molecular flexibility index (Phi) is 4.35. The Labute approximate surface area is 110 Å². The lowest BCUT2D eigenvalue weighted by molar-refractivity contribution is -0.138. The number of ether oxygens (including phenoxy) is 2. The summed E-state index contributed by atoms with van der Waals surface area (Å²) in [4.78, 5) is 25.0. The highest BCUT2D eigenvalue weighted by Gasteiger charge is 2.18. The molecule has 1 saturated heterocycles. The summed E-state index contributed by atoms with van der Waals surface area (Å²) in [6.45, 7) is 1.75. The fourth-order valence-electron chi connectivity index (χ4n) is 1.75.